The monoisotopic (exact) mass is 186 g/mol. The summed E-state index contributed by atoms with van der Waals surface area (Å²) in [7, 11) is 0. The lowest BCUT2D eigenvalue weighted by Gasteiger charge is -2.04. The largest absolute Gasteiger partial charge is 0.507 e. The maximum Gasteiger partial charge on any atom is 0.267 e. The Balaban J connectivity index is 3.19. The molecular formula is C9H8F2O2. The predicted molar refractivity (Wildman–Crippen MR) is 43.1 cm³/mol. The van der Waals surface area contributed by atoms with Crippen LogP contribution in [0.3, 0.4) is 0 Å². The summed E-state index contributed by atoms with van der Waals surface area (Å²) in [6.07, 6.45) is -2.76. The van der Waals surface area contributed by atoms with Crippen LogP contribution >= 0.6 is 0 Å². The van der Waals surface area contributed by atoms with E-state index < -0.39 is 17.7 Å². The Morgan fingerprint density at radius 2 is 2.08 bits per heavy atom. The van der Waals surface area contributed by atoms with Crippen LogP contribution in [-0.2, 0) is 0 Å². The number of phenolic OH excluding ortho intramolecular Hbond substituents is 1. The molecular weight excluding hydrogens is 178 g/mol. The molecule has 0 unspecified atom stereocenters. The number of rotatable bonds is 2. The number of alkyl halides is 2. The quantitative estimate of drug-likeness (QED) is 0.720. The van der Waals surface area contributed by atoms with Gasteiger partial charge in [0.25, 0.3) is 6.43 Å². The SMILES string of the molecule is CC(=O)c1ccc(O)c(C(F)F)c1. The molecule has 0 aliphatic carbocycles. The first-order valence-electron chi connectivity index (χ1n) is 3.64. The van der Waals surface area contributed by atoms with Gasteiger partial charge in [0.1, 0.15) is 5.75 Å². The summed E-state index contributed by atoms with van der Waals surface area (Å²) < 4.78 is 24.4. The number of hydrogen-bond acceptors (Lipinski definition) is 2. The highest BCUT2D eigenvalue weighted by molar-refractivity contribution is 5.94. The number of hydrogen-bond donors (Lipinski definition) is 1. The first-order valence-corrected chi connectivity index (χ1v) is 3.64. The summed E-state index contributed by atoms with van der Waals surface area (Å²) in [5, 5.41) is 9.00. The van der Waals surface area contributed by atoms with Crippen molar-refractivity contribution in [3.8, 4) is 5.75 Å². The van der Waals surface area contributed by atoms with E-state index in [4.69, 9.17) is 5.11 Å². The maximum absolute atomic E-state index is 12.2. The topological polar surface area (TPSA) is 37.3 Å². The third-order valence-corrected chi connectivity index (χ3v) is 1.67. The molecule has 0 saturated heterocycles. The number of phenols is 1. The molecule has 0 fully saturated rings. The van der Waals surface area contributed by atoms with E-state index in [-0.39, 0.29) is 11.3 Å². The van der Waals surface area contributed by atoms with Gasteiger partial charge in [-0.05, 0) is 25.1 Å². The van der Waals surface area contributed by atoms with Crippen LogP contribution in [0, 0.1) is 0 Å². The van der Waals surface area contributed by atoms with Gasteiger partial charge in [0.05, 0.1) is 5.56 Å². The second-order valence-electron chi connectivity index (χ2n) is 2.63. The molecule has 1 aromatic rings. The average molecular weight is 186 g/mol. The zero-order valence-electron chi connectivity index (χ0n) is 6.92. The van der Waals surface area contributed by atoms with Crippen molar-refractivity contribution in [3.05, 3.63) is 29.3 Å². The smallest absolute Gasteiger partial charge is 0.267 e. The molecule has 0 aromatic heterocycles. The molecule has 0 aliphatic rings. The van der Waals surface area contributed by atoms with Gasteiger partial charge in [-0.2, -0.15) is 0 Å². The molecule has 0 saturated carbocycles. The minimum absolute atomic E-state index is 0.174. The molecule has 0 atom stereocenters. The zero-order chi connectivity index (χ0) is 10.0. The Bertz CT molecular complexity index is 334. The van der Waals surface area contributed by atoms with E-state index in [1.165, 1.54) is 13.0 Å². The van der Waals surface area contributed by atoms with E-state index in [9.17, 15) is 13.6 Å². The normalized spacial score (nSPS) is 10.5. The van der Waals surface area contributed by atoms with Gasteiger partial charge in [0.15, 0.2) is 5.78 Å². The van der Waals surface area contributed by atoms with Crippen LogP contribution in [0.4, 0.5) is 8.78 Å². The molecule has 0 spiro atoms. The predicted octanol–water partition coefficient (Wildman–Crippen LogP) is 2.53. The lowest BCUT2D eigenvalue weighted by Crippen LogP contribution is -1.94. The van der Waals surface area contributed by atoms with Crippen molar-refractivity contribution in [2.75, 3.05) is 0 Å². The van der Waals surface area contributed by atoms with Crippen LogP contribution in [0.15, 0.2) is 18.2 Å². The van der Waals surface area contributed by atoms with Crippen LogP contribution in [0.5, 0.6) is 5.75 Å². The van der Waals surface area contributed by atoms with Crippen molar-refractivity contribution < 1.29 is 18.7 Å². The number of halogens is 2. The molecule has 0 radical (unpaired) electrons. The third kappa shape index (κ3) is 2.02. The van der Waals surface area contributed by atoms with Crippen molar-refractivity contribution in [2.24, 2.45) is 0 Å². The van der Waals surface area contributed by atoms with Crippen LogP contribution in [0.1, 0.15) is 29.3 Å². The Morgan fingerprint density at radius 3 is 2.54 bits per heavy atom. The van der Waals surface area contributed by atoms with Crippen LogP contribution < -0.4 is 0 Å². The molecule has 1 aromatic carbocycles. The average Bonchev–Trinajstić information content (AvgIpc) is 2.04. The van der Waals surface area contributed by atoms with Crippen LogP contribution in [0.25, 0.3) is 0 Å². The molecule has 70 valence electrons. The van der Waals surface area contributed by atoms with E-state index in [1.54, 1.807) is 0 Å². The second kappa shape index (κ2) is 3.51. The van der Waals surface area contributed by atoms with E-state index in [1.807, 2.05) is 0 Å². The minimum Gasteiger partial charge on any atom is -0.507 e. The molecule has 2 nitrogen and oxygen atoms in total. The zero-order valence-corrected chi connectivity index (χ0v) is 6.92. The summed E-state index contributed by atoms with van der Waals surface area (Å²) in [5.41, 5.74) is -0.333. The fourth-order valence-corrected chi connectivity index (χ4v) is 0.948. The number of carbonyl (C=O) groups excluding carboxylic acids is 1. The Labute approximate surface area is 73.8 Å². The lowest BCUT2D eigenvalue weighted by molar-refractivity contribution is 0.101. The van der Waals surface area contributed by atoms with Gasteiger partial charge >= 0.3 is 0 Å². The van der Waals surface area contributed by atoms with Gasteiger partial charge in [-0.1, -0.05) is 0 Å². The van der Waals surface area contributed by atoms with E-state index >= 15 is 0 Å². The number of aromatic hydroxyl groups is 1. The number of ketones is 1. The van der Waals surface area contributed by atoms with Gasteiger partial charge in [-0.15, -0.1) is 0 Å². The standard InChI is InChI=1S/C9H8F2O2/c1-5(12)6-2-3-8(13)7(4-6)9(10)11/h2-4,9,13H,1H3. The van der Waals surface area contributed by atoms with E-state index in [0.29, 0.717) is 0 Å². The fourth-order valence-electron chi connectivity index (χ4n) is 0.948. The van der Waals surface area contributed by atoms with E-state index in [0.717, 1.165) is 12.1 Å². The summed E-state index contributed by atoms with van der Waals surface area (Å²) in [6, 6.07) is 3.41. The minimum atomic E-state index is -2.76. The van der Waals surface area contributed by atoms with Gasteiger partial charge in [-0.25, -0.2) is 8.78 Å². The highest BCUT2D eigenvalue weighted by atomic mass is 19.3. The van der Waals surface area contributed by atoms with Gasteiger partial charge in [0.2, 0.25) is 0 Å². The van der Waals surface area contributed by atoms with Gasteiger partial charge < -0.3 is 5.11 Å². The summed E-state index contributed by atoms with van der Waals surface area (Å²) >= 11 is 0. The third-order valence-electron chi connectivity index (χ3n) is 1.67. The van der Waals surface area contributed by atoms with E-state index in [2.05, 4.69) is 0 Å². The second-order valence-corrected chi connectivity index (χ2v) is 2.63. The molecule has 0 aliphatic heterocycles. The summed E-state index contributed by atoms with van der Waals surface area (Å²) in [4.78, 5) is 10.8. The molecule has 1 rings (SSSR count). The van der Waals surface area contributed by atoms with Crippen LogP contribution in [-0.4, -0.2) is 10.9 Å². The van der Waals surface area contributed by atoms with Crippen LogP contribution in [0.2, 0.25) is 0 Å². The highest BCUT2D eigenvalue weighted by Gasteiger charge is 2.14. The number of Topliss-reactive ketones (excluding diaryl/α,β-unsaturated/α-hetero) is 1. The maximum atomic E-state index is 12.2. The van der Waals surface area contributed by atoms with Gasteiger partial charge in [0, 0.05) is 5.56 Å². The molecule has 0 heterocycles. The highest BCUT2D eigenvalue weighted by Crippen LogP contribution is 2.28. The molecule has 0 bridgehead atoms. The van der Waals surface area contributed by atoms with Crippen molar-refractivity contribution in [1.82, 2.24) is 0 Å². The van der Waals surface area contributed by atoms with Gasteiger partial charge in [-0.3, -0.25) is 4.79 Å². The molecule has 0 amide bonds. The fraction of sp³-hybridized carbons (Fsp3) is 0.222. The van der Waals surface area contributed by atoms with Crippen molar-refractivity contribution in [2.45, 2.75) is 13.3 Å². The Hall–Kier alpha value is -1.45. The Kier molecular flexibility index (Phi) is 2.60. The van der Waals surface area contributed by atoms with Crippen molar-refractivity contribution >= 4 is 5.78 Å². The molecule has 1 N–H and O–H groups in total. The Morgan fingerprint density at radius 1 is 1.46 bits per heavy atom. The first kappa shape index (κ1) is 9.64. The summed E-state index contributed by atoms with van der Waals surface area (Å²) in [6.45, 7) is 1.28. The molecule has 13 heavy (non-hydrogen) atoms. The first-order chi connectivity index (χ1) is 6.02. The molecule has 4 heteroatoms. The number of benzene rings is 1. The lowest BCUT2D eigenvalue weighted by atomic mass is 10.1. The summed E-state index contributed by atoms with van der Waals surface area (Å²) in [5.74, 6) is -0.790. The van der Waals surface area contributed by atoms with Crippen molar-refractivity contribution in [1.29, 1.82) is 0 Å². The number of carbonyl (C=O) groups is 1. The van der Waals surface area contributed by atoms with Crippen molar-refractivity contribution in [3.63, 3.8) is 0 Å².